The summed E-state index contributed by atoms with van der Waals surface area (Å²) in [5.41, 5.74) is 2.06. The van der Waals surface area contributed by atoms with Gasteiger partial charge >= 0.3 is 5.97 Å². The van der Waals surface area contributed by atoms with Crippen molar-refractivity contribution in [1.82, 2.24) is 9.88 Å². The van der Waals surface area contributed by atoms with Crippen LogP contribution < -0.4 is 0 Å². The van der Waals surface area contributed by atoms with Gasteiger partial charge in [-0.05, 0) is 44.4 Å². The van der Waals surface area contributed by atoms with Gasteiger partial charge in [-0.1, -0.05) is 30.3 Å². The topological polar surface area (TPSA) is 59.5 Å². The van der Waals surface area contributed by atoms with Gasteiger partial charge in [0.25, 0.3) is 5.91 Å². The number of hydrogen-bond acceptors (Lipinski definition) is 5. The fourth-order valence-electron chi connectivity index (χ4n) is 3.59. The molecule has 2 aromatic carbocycles. The molecule has 2 heterocycles. The van der Waals surface area contributed by atoms with E-state index in [2.05, 4.69) is 4.98 Å². The number of ether oxygens (including phenoxy) is 1. The molecule has 1 aromatic heterocycles. The molecule has 3 aromatic rings. The molecule has 1 atom stereocenters. The number of thiazole rings is 1. The predicted octanol–water partition coefficient (Wildman–Crippen LogP) is 4.52. The summed E-state index contributed by atoms with van der Waals surface area (Å²) in [7, 11) is 0. The average molecular weight is 394 g/mol. The number of benzene rings is 2. The number of hydrogen-bond donors (Lipinski definition) is 0. The van der Waals surface area contributed by atoms with Crippen molar-refractivity contribution in [2.75, 3.05) is 13.2 Å². The quantitative estimate of drug-likeness (QED) is 0.611. The van der Waals surface area contributed by atoms with Crippen LogP contribution in [-0.2, 0) is 9.53 Å². The van der Waals surface area contributed by atoms with Gasteiger partial charge in [-0.2, -0.15) is 0 Å². The van der Waals surface area contributed by atoms with E-state index in [4.69, 9.17) is 4.74 Å². The molecule has 0 saturated carbocycles. The van der Waals surface area contributed by atoms with Crippen LogP contribution in [0.2, 0.25) is 0 Å². The standard InChI is InChI=1S/C22H22N2O3S/c1-15-8-6-7-13-24(15)20(25)14-27-22(26)17-10-3-2-9-16(17)21-23-18-11-4-5-12-19(18)28-21/h2-5,9-12,15H,6-8,13-14H2,1H3. The minimum atomic E-state index is -0.493. The average Bonchev–Trinajstić information content (AvgIpc) is 3.16. The number of aromatic nitrogens is 1. The highest BCUT2D eigenvalue weighted by Gasteiger charge is 2.25. The maximum atomic E-state index is 12.7. The van der Waals surface area contributed by atoms with Crippen LogP contribution in [0.15, 0.2) is 48.5 Å². The van der Waals surface area contributed by atoms with Gasteiger partial charge in [0.2, 0.25) is 0 Å². The van der Waals surface area contributed by atoms with Gasteiger partial charge in [-0.25, -0.2) is 9.78 Å². The Balaban J connectivity index is 1.51. The molecule has 144 valence electrons. The van der Waals surface area contributed by atoms with E-state index in [0.717, 1.165) is 46.6 Å². The first kappa shape index (κ1) is 18.6. The van der Waals surface area contributed by atoms with Gasteiger partial charge in [0.1, 0.15) is 5.01 Å². The zero-order valence-electron chi connectivity index (χ0n) is 15.8. The molecule has 0 radical (unpaired) electrons. The zero-order valence-corrected chi connectivity index (χ0v) is 16.6. The van der Waals surface area contributed by atoms with E-state index in [1.54, 1.807) is 12.1 Å². The van der Waals surface area contributed by atoms with Gasteiger partial charge < -0.3 is 9.64 Å². The van der Waals surface area contributed by atoms with Crippen molar-refractivity contribution in [3.8, 4) is 10.6 Å². The van der Waals surface area contributed by atoms with Gasteiger partial charge in [-0.3, -0.25) is 4.79 Å². The van der Waals surface area contributed by atoms with E-state index >= 15 is 0 Å². The van der Waals surface area contributed by atoms with E-state index in [1.165, 1.54) is 11.3 Å². The van der Waals surface area contributed by atoms with Gasteiger partial charge in [-0.15, -0.1) is 11.3 Å². The maximum Gasteiger partial charge on any atom is 0.339 e. The number of fused-ring (bicyclic) bond motifs is 1. The number of carbonyl (C=O) groups is 2. The normalized spacial score (nSPS) is 16.9. The molecule has 0 bridgehead atoms. The molecule has 1 saturated heterocycles. The number of rotatable bonds is 4. The molecular formula is C22H22N2O3S. The third-order valence-corrected chi connectivity index (χ3v) is 6.19. The number of nitrogens with zero attached hydrogens (tertiary/aromatic N) is 2. The van der Waals surface area contributed by atoms with Crippen LogP contribution in [0.25, 0.3) is 20.8 Å². The summed E-state index contributed by atoms with van der Waals surface area (Å²) in [6.07, 6.45) is 3.14. The number of carbonyl (C=O) groups excluding carboxylic acids is 2. The lowest BCUT2D eigenvalue weighted by atomic mass is 10.0. The van der Waals surface area contributed by atoms with E-state index in [9.17, 15) is 9.59 Å². The largest absolute Gasteiger partial charge is 0.452 e. The van der Waals surface area contributed by atoms with Crippen LogP contribution in [0, 0.1) is 0 Å². The van der Waals surface area contributed by atoms with Crippen molar-refractivity contribution < 1.29 is 14.3 Å². The van der Waals surface area contributed by atoms with Crippen LogP contribution in [-0.4, -0.2) is 41.0 Å². The predicted molar refractivity (Wildman–Crippen MR) is 110 cm³/mol. The lowest BCUT2D eigenvalue weighted by Crippen LogP contribution is -2.44. The van der Waals surface area contributed by atoms with Gasteiger partial charge in [0, 0.05) is 18.2 Å². The molecule has 0 aliphatic carbocycles. The SMILES string of the molecule is CC1CCCCN1C(=O)COC(=O)c1ccccc1-c1nc2ccccc2s1. The highest BCUT2D eigenvalue weighted by atomic mass is 32.1. The van der Waals surface area contributed by atoms with E-state index in [-0.39, 0.29) is 18.6 Å². The van der Waals surface area contributed by atoms with Crippen molar-refractivity contribution >= 4 is 33.4 Å². The van der Waals surface area contributed by atoms with Crippen LogP contribution in [0.5, 0.6) is 0 Å². The highest BCUT2D eigenvalue weighted by Crippen LogP contribution is 2.32. The Morgan fingerprint density at radius 3 is 2.75 bits per heavy atom. The summed E-state index contributed by atoms with van der Waals surface area (Å²) in [5.74, 6) is -0.620. The summed E-state index contributed by atoms with van der Waals surface area (Å²) >= 11 is 1.54. The molecule has 1 unspecified atom stereocenters. The third-order valence-electron chi connectivity index (χ3n) is 5.12. The van der Waals surface area contributed by atoms with Gasteiger partial charge in [0.15, 0.2) is 6.61 Å². The summed E-state index contributed by atoms with van der Waals surface area (Å²) in [6.45, 7) is 2.55. The second-order valence-corrected chi connectivity index (χ2v) is 8.07. The summed E-state index contributed by atoms with van der Waals surface area (Å²) in [6, 6.07) is 15.3. The molecule has 28 heavy (non-hydrogen) atoms. The number of esters is 1. The Morgan fingerprint density at radius 1 is 1.14 bits per heavy atom. The number of piperidine rings is 1. The van der Waals surface area contributed by atoms with Crippen molar-refractivity contribution in [1.29, 1.82) is 0 Å². The zero-order chi connectivity index (χ0) is 19.5. The Morgan fingerprint density at radius 2 is 1.93 bits per heavy atom. The Bertz CT molecular complexity index is 981. The third kappa shape index (κ3) is 3.78. The Kier molecular flexibility index (Phi) is 5.39. The van der Waals surface area contributed by atoms with Crippen molar-refractivity contribution in [2.45, 2.75) is 32.2 Å². The molecular weight excluding hydrogens is 372 g/mol. The van der Waals surface area contributed by atoms with Crippen molar-refractivity contribution in [2.24, 2.45) is 0 Å². The Hall–Kier alpha value is -2.73. The molecule has 0 N–H and O–H groups in total. The van der Waals surface area contributed by atoms with Gasteiger partial charge in [0.05, 0.1) is 15.8 Å². The Labute approximate surface area is 168 Å². The smallest absolute Gasteiger partial charge is 0.339 e. The summed E-state index contributed by atoms with van der Waals surface area (Å²) < 4.78 is 6.44. The van der Waals surface area contributed by atoms with E-state index in [0.29, 0.717) is 5.56 Å². The number of para-hydroxylation sites is 1. The lowest BCUT2D eigenvalue weighted by Gasteiger charge is -2.33. The van der Waals surface area contributed by atoms with Crippen molar-refractivity contribution in [3.63, 3.8) is 0 Å². The minimum Gasteiger partial charge on any atom is -0.452 e. The van der Waals surface area contributed by atoms with Crippen LogP contribution >= 0.6 is 11.3 Å². The second-order valence-electron chi connectivity index (χ2n) is 7.04. The first-order valence-corrected chi connectivity index (χ1v) is 10.4. The van der Waals surface area contributed by atoms with E-state index < -0.39 is 5.97 Å². The number of likely N-dealkylation sites (tertiary alicyclic amines) is 1. The monoisotopic (exact) mass is 394 g/mol. The first-order valence-electron chi connectivity index (χ1n) is 9.55. The highest BCUT2D eigenvalue weighted by molar-refractivity contribution is 7.21. The second kappa shape index (κ2) is 8.10. The van der Waals surface area contributed by atoms with E-state index in [1.807, 2.05) is 48.2 Å². The molecule has 5 nitrogen and oxygen atoms in total. The lowest BCUT2D eigenvalue weighted by molar-refractivity contribution is -0.137. The maximum absolute atomic E-state index is 12.7. The fraction of sp³-hybridized carbons (Fsp3) is 0.318. The van der Waals surface area contributed by atoms with Crippen LogP contribution in [0.1, 0.15) is 36.5 Å². The van der Waals surface area contributed by atoms with Crippen LogP contribution in [0.4, 0.5) is 0 Å². The molecule has 6 heteroatoms. The van der Waals surface area contributed by atoms with Crippen molar-refractivity contribution in [3.05, 3.63) is 54.1 Å². The molecule has 0 spiro atoms. The molecule has 1 fully saturated rings. The molecule has 1 amide bonds. The molecule has 1 aliphatic rings. The molecule has 1 aliphatic heterocycles. The number of amides is 1. The first-order chi connectivity index (χ1) is 13.6. The summed E-state index contributed by atoms with van der Waals surface area (Å²) in [4.78, 5) is 31.6. The minimum absolute atomic E-state index is 0.127. The van der Waals surface area contributed by atoms with Crippen LogP contribution in [0.3, 0.4) is 0 Å². The molecule has 4 rings (SSSR count). The summed E-state index contributed by atoms with van der Waals surface area (Å²) in [5, 5.41) is 0.768. The fourth-order valence-corrected chi connectivity index (χ4v) is 4.60.